The van der Waals surface area contributed by atoms with Crippen LogP contribution in [0.4, 0.5) is 13.2 Å². The largest absolute Gasteiger partial charge is 0.481 e. The third-order valence-corrected chi connectivity index (χ3v) is 2.79. The van der Waals surface area contributed by atoms with E-state index >= 15 is 0 Å². The number of aliphatic carboxylic acids is 1. The minimum absolute atomic E-state index is 0.0535. The van der Waals surface area contributed by atoms with Gasteiger partial charge in [-0.1, -0.05) is 0 Å². The van der Waals surface area contributed by atoms with E-state index in [1.54, 1.807) is 0 Å². The van der Waals surface area contributed by atoms with Crippen molar-refractivity contribution in [3.63, 3.8) is 0 Å². The van der Waals surface area contributed by atoms with Crippen molar-refractivity contribution in [3.05, 3.63) is 0 Å². The highest BCUT2D eigenvalue weighted by Crippen LogP contribution is 2.29. The Morgan fingerprint density at radius 1 is 1.27 bits per heavy atom. The Balaban J connectivity index is 2.23. The number of alkyl halides is 3. The van der Waals surface area contributed by atoms with Crippen molar-refractivity contribution < 1.29 is 23.1 Å². The van der Waals surface area contributed by atoms with E-state index in [4.69, 9.17) is 5.11 Å². The van der Waals surface area contributed by atoms with Crippen LogP contribution >= 0.6 is 0 Å². The highest BCUT2D eigenvalue weighted by Gasteiger charge is 2.30. The van der Waals surface area contributed by atoms with Gasteiger partial charge >= 0.3 is 12.3 Å². The lowest BCUT2D eigenvalue weighted by molar-refractivity contribution is -0.159. The lowest BCUT2D eigenvalue weighted by atomic mass is 9.82. The summed E-state index contributed by atoms with van der Waals surface area (Å²) in [6.45, 7) is -0.101. The summed E-state index contributed by atoms with van der Waals surface area (Å²) in [5, 5.41) is 10.2. The predicted molar refractivity (Wildman–Crippen MR) is 47.1 cm³/mol. The zero-order valence-electron chi connectivity index (χ0n) is 8.18. The molecule has 0 unspecified atom stereocenters. The third kappa shape index (κ3) is 4.51. The van der Waals surface area contributed by atoms with Gasteiger partial charge in [0.1, 0.15) is 0 Å². The summed E-state index contributed by atoms with van der Waals surface area (Å²) in [5.41, 5.74) is 0. The van der Waals surface area contributed by atoms with E-state index in [1.807, 2.05) is 0 Å². The molecule has 1 saturated carbocycles. The molecule has 15 heavy (non-hydrogen) atoms. The maximum atomic E-state index is 11.8. The zero-order valence-corrected chi connectivity index (χ0v) is 8.18. The van der Waals surface area contributed by atoms with Crippen molar-refractivity contribution in [2.24, 2.45) is 11.8 Å². The molecule has 0 saturated heterocycles. The molecule has 0 radical (unpaired) electrons. The van der Waals surface area contributed by atoms with Gasteiger partial charge in [-0.3, -0.25) is 4.79 Å². The number of hydrogen-bond acceptors (Lipinski definition) is 2. The molecule has 1 aliphatic rings. The average molecular weight is 225 g/mol. The summed E-state index contributed by atoms with van der Waals surface area (Å²) in [6, 6.07) is 0. The van der Waals surface area contributed by atoms with Crippen LogP contribution in [0.5, 0.6) is 0 Å². The van der Waals surface area contributed by atoms with E-state index in [1.165, 1.54) is 5.32 Å². The summed E-state index contributed by atoms with van der Waals surface area (Å²) < 4.78 is 35.4. The molecule has 0 aromatic carbocycles. The van der Waals surface area contributed by atoms with Crippen molar-refractivity contribution in [3.8, 4) is 0 Å². The van der Waals surface area contributed by atoms with Crippen LogP contribution < -0.4 is 5.32 Å². The molecule has 0 bridgehead atoms. The molecule has 0 spiro atoms. The van der Waals surface area contributed by atoms with Crippen LogP contribution in [0.15, 0.2) is 0 Å². The van der Waals surface area contributed by atoms with Gasteiger partial charge in [-0.15, -0.1) is 0 Å². The number of carbonyl (C=O) groups is 1. The fraction of sp³-hybridized carbons (Fsp3) is 0.889. The lowest BCUT2D eigenvalue weighted by Gasteiger charge is -2.26. The SMILES string of the molecule is O=C(O)C1CCC(CNC(F)(F)F)CC1. The van der Waals surface area contributed by atoms with E-state index < -0.39 is 12.3 Å². The molecule has 0 atom stereocenters. The van der Waals surface area contributed by atoms with Crippen molar-refractivity contribution in [2.45, 2.75) is 32.0 Å². The summed E-state index contributed by atoms with van der Waals surface area (Å²) in [7, 11) is 0. The number of rotatable bonds is 3. The fourth-order valence-corrected chi connectivity index (χ4v) is 1.87. The molecule has 0 heterocycles. The van der Waals surface area contributed by atoms with Crippen LogP contribution in [0.3, 0.4) is 0 Å². The Hall–Kier alpha value is -0.780. The Labute approximate surface area is 85.7 Å². The normalized spacial score (nSPS) is 27.7. The minimum Gasteiger partial charge on any atom is -0.481 e. The zero-order chi connectivity index (χ0) is 11.5. The van der Waals surface area contributed by atoms with E-state index in [0.29, 0.717) is 25.7 Å². The van der Waals surface area contributed by atoms with Crippen LogP contribution in [0, 0.1) is 11.8 Å². The molecule has 88 valence electrons. The van der Waals surface area contributed by atoms with E-state index in [0.717, 1.165) is 0 Å². The molecule has 3 nitrogen and oxygen atoms in total. The molecule has 6 heteroatoms. The maximum Gasteiger partial charge on any atom is 0.457 e. The molecule has 0 amide bonds. The molecule has 2 N–H and O–H groups in total. The van der Waals surface area contributed by atoms with Gasteiger partial charge in [0.2, 0.25) is 0 Å². The van der Waals surface area contributed by atoms with Crippen molar-refractivity contribution in [1.82, 2.24) is 5.32 Å². The Morgan fingerprint density at radius 3 is 2.20 bits per heavy atom. The Kier molecular flexibility index (Phi) is 3.96. The highest BCUT2D eigenvalue weighted by atomic mass is 19.4. The second kappa shape index (κ2) is 4.83. The molecule has 0 aromatic rings. The molecular formula is C9H14F3NO2. The molecule has 0 aliphatic heterocycles. The topological polar surface area (TPSA) is 49.3 Å². The van der Waals surface area contributed by atoms with Crippen LogP contribution in [-0.4, -0.2) is 23.9 Å². The summed E-state index contributed by atoms with van der Waals surface area (Å²) in [4.78, 5) is 10.6. The quantitative estimate of drug-likeness (QED) is 0.722. The van der Waals surface area contributed by atoms with Gasteiger partial charge in [-0.05, 0) is 31.6 Å². The second-order valence-electron chi connectivity index (χ2n) is 3.93. The smallest absolute Gasteiger partial charge is 0.457 e. The first-order valence-corrected chi connectivity index (χ1v) is 4.93. The molecule has 0 aromatic heterocycles. The average Bonchev–Trinajstić information content (AvgIpc) is 2.14. The molecule has 1 aliphatic carbocycles. The Morgan fingerprint density at radius 2 is 1.80 bits per heavy atom. The van der Waals surface area contributed by atoms with Gasteiger partial charge in [0.25, 0.3) is 0 Å². The fourth-order valence-electron chi connectivity index (χ4n) is 1.87. The number of carboxylic acids is 1. The third-order valence-electron chi connectivity index (χ3n) is 2.79. The number of halogens is 3. The van der Waals surface area contributed by atoms with Gasteiger partial charge in [-0.25, -0.2) is 5.32 Å². The maximum absolute atomic E-state index is 11.8. The number of carboxylic acid groups (broad SMARTS) is 1. The van der Waals surface area contributed by atoms with Gasteiger partial charge in [-0.2, -0.15) is 13.2 Å². The molecular weight excluding hydrogens is 211 g/mol. The second-order valence-corrected chi connectivity index (χ2v) is 3.93. The summed E-state index contributed by atoms with van der Waals surface area (Å²) in [6.07, 6.45) is -2.25. The van der Waals surface area contributed by atoms with E-state index in [9.17, 15) is 18.0 Å². The number of nitrogens with one attached hydrogen (secondary N) is 1. The van der Waals surface area contributed by atoms with Crippen LogP contribution in [0.2, 0.25) is 0 Å². The minimum atomic E-state index is -4.33. The summed E-state index contributed by atoms with van der Waals surface area (Å²) in [5.74, 6) is -1.26. The standard InChI is InChI=1S/C9H14F3NO2/c10-9(11,12)13-5-6-1-3-7(4-2-6)8(14)15/h6-7,13H,1-5H2,(H,14,15). The van der Waals surface area contributed by atoms with Gasteiger partial charge < -0.3 is 5.11 Å². The molecule has 1 fully saturated rings. The predicted octanol–water partition coefficient (Wildman–Crippen LogP) is 1.99. The highest BCUT2D eigenvalue weighted by molar-refractivity contribution is 5.69. The Bertz CT molecular complexity index is 222. The van der Waals surface area contributed by atoms with Crippen LogP contribution in [0.25, 0.3) is 0 Å². The lowest BCUT2D eigenvalue weighted by Crippen LogP contribution is -2.37. The van der Waals surface area contributed by atoms with Gasteiger partial charge in [0.15, 0.2) is 0 Å². The first kappa shape index (κ1) is 12.3. The van der Waals surface area contributed by atoms with Crippen LogP contribution in [0.1, 0.15) is 25.7 Å². The van der Waals surface area contributed by atoms with Crippen LogP contribution in [-0.2, 0) is 4.79 Å². The van der Waals surface area contributed by atoms with Gasteiger partial charge in [0.05, 0.1) is 5.92 Å². The first-order valence-electron chi connectivity index (χ1n) is 4.93. The van der Waals surface area contributed by atoms with Crippen molar-refractivity contribution in [1.29, 1.82) is 0 Å². The number of hydrogen-bond donors (Lipinski definition) is 2. The van der Waals surface area contributed by atoms with Gasteiger partial charge in [0, 0.05) is 6.54 Å². The van der Waals surface area contributed by atoms with Crippen molar-refractivity contribution in [2.75, 3.05) is 6.54 Å². The van der Waals surface area contributed by atoms with E-state index in [-0.39, 0.29) is 18.4 Å². The monoisotopic (exact) mass is 225 g/mol. The first-order chi connectivity index (χ1) is 6.88. The van der Waals surface area contributed by atoms with Crippen molar-refractivity contribution >= 4 is 5.97 Å². The molecule has 1 rings (SSSR count). The summed E-state index contributed by atoms with van der Waals surface area (Å²) >= 11 is 0. The van der Waals surface area contributed by atoms with E-state index in [2.05, 4.69) is 0 Å².